The monoisotopic (exact) mass is 290 g/mol. The number of rotatable bonds is 4. The standard InChI is InChI=1S/C16H22N2OS/c19-16-2-1-6-18(16)7-5-15-17-14(10-20-15)13-9-11-3-4-12(13)8-11/h10-13H,1-9H2. The molecule has 3 unspecified atom stereocenters. The molecule has 108 valence electrons. The lowest BCUT2D eigenvalue weighted by molar-refractivity contribution is -0.127. The molecular formula is C16H22N2OS. The number of hydrogen-bond donors (Lipinski definition) is 0. The Balaban J connectivity index is 1.37. The number of likely N-dealkylation sites (tertiary alicyclic amines) is 1. The lowest BCUT2D eigenvalue weighted by atomic mass is 9.87. The average molecular weight is 290 g/mol. The van der Waals surface area contributed by atoms with Crippen LogP contribution in [-0.2, 0) is 11.2 Å². The third kappa shape index (κ3) is 2.28. The van der Waals surface area contributed by atoms with Crippen LogP contribution < -0.4 is 0 Å². The highest BCUT2D eigenvalue weighted by atomic mass is 32.1. The molecule has 1 amide bonds. The van der Waals surface area contributed by atoms with Gasteiger partial charge in [0.25, 0.3) is 0 Å². The van der Waals surface area contributed by atoms with Crippen LogP contribution in [0.1, 0.15) is 55.1 Å². The maximum Gasteiger partial charge on any atom is 0.222 e. The number of thiazole rings is 1. The van der Waals surface area contributed by atoms with Crippen molar-refractivity contribution in [2.24, 2.45) is 11.8 Å². The molecule has 3 atom stereocenters. The third-order valence-electron chi connectivity index (χ3n) is 5.45. The lowest BCUT2D eigenvalue weighted by Gasteiger charge is -2.19. The number of fused-ring (bicyclic) bond motifs is 2. The highest BCUT2D eigenvalue weighted by Gasteiger charge is 2.41. The Morgan fingerprint density at radius 2 is 2.30 bits per heavy atom. The molecule has 3 nitrogen and oxygen atoms in total. The largest absolute Gasteiger partial charge is 0.342 e. The van der Waals surface area contributed by atoms with Gasteiger partial charge < -0.3 is 4.90 Å². The number of aromatic nitrogens is 1. The maximum absolute atomic E-state index is 11.6. The van der Waals surface area contributed by atoms with Crippen molar-refractivity contribution in [2.45, 2.75) is 50.9 Å². The van der Waals surface area contributed by atoms with Crippen molar-refractivity contribution in [1.29, 1.82) is 0 Å². The maximum atomic E-state index is 11.6. The van der Waals surface area contributed by atoms with E-state index in [4.69, 9.17) is 4.98 Å². The summed E-state index contributed by atoms with van der Waals surface area (Å²) in [7, 11) is 0. The highest BCUT2D eigenvalue weighted by molar-refractivity contribution is 7.09. The van der Waals surface area contributed by atoms with Crippen LogP contribution in [0.25, 0.3) is 0 Å². The summed E-state index contributed by atoms with van der Waals surface area (Å²) in [5.74, 6) is 2.97. The van der Waals surface area contributed by atoms with E-state index in [9.17, 15) is 4.79 Å². The van der Waals surface area contributed by atoms with Crippen LogP contribution in [0, 0.1) is 11.8 Å². The number of carbonyl (C=O) groups is 1. The van der Waals surface area contributed by atoms with Gasteiger partial charge in [0.1, 0.15) is 0 Å². The molecule has 1 aromatic heterocycles. The summed E-state index contributed by atoms with van der Waals surface area (Å²) in [6, 6.07) is 0. The zero-order chi connectivity index (χ0) is 13.5. The summed E-state index contributed by atoms with van der Waals surface area (Å²) >= 11 is 1.80. The first kappa shape index (κ1) is 12.8. The third-order valence-corrected chi connectivity index (χ3v) is 6.38. The van der Waals surface area contributed by atoms with E-state index in [-0.39, 0.29) is 0 Å². The van der Waals surface area contributed by atoms with E-state index in [1.54, 1.807) is 11.3 Å². The van der Waals surface area contributed by atoms with Gasteiger partial charge >= 0.3 is 0 Å². The van der Waals surface area contributed by atoms with Gasteiger partial charge in [-0.25, -0.2) is 4.98 Å². The van der Waals surface area contributed by atoms with E-state index in [0.717, 1.165) is 50.1 Å². The molecule has 2 heterocycles. The molecule has 2 saturated carbocycles. The predicted molar refractivity (Wildman–Crippen MR) is 79.8 cm³/mol. The summed E-state index contributed by atoms with van der Waals surface area (Å²) in [5.41, 5.74) is 1.35. The number of amides is 1. The van der Waals surface area contributed by atoms with Crippen LogP contribution in [0.5, 0.6) is 0 Å². The number of nitrogens with zero attached hydrogens (tertiary/aromatic N) is 2. The van der Waals surface area contributed by atoms with E-state index in [1.807, 2.05) is 4.90 Å². The Morgan fingerprint density at radius 3 is 3.00 bits per heavy atom. The molecule has 0 aromatic carbocycles. The van der Waals surface area contributed by atoms with Crippen molar-refractivity contribution in [3.8, 4) is 0 Å². The normalized spacial score (nSPS) is 32.5. The predicted octanol–water partition coefficient (Wildman–Crippen LogP) is 3.21. The fourth-order valence-electron chi connectivity index (χ4n) is 4.39. The second kappa shape index (κ2) is 5.14. The van der Waals surface area contributed by atoms with E-state index in [0.29, 0.717) is 5.91 Å². The Hall–Kier alpha value is -0.900. The molecule has 4 rings (SSSR count). The molecule has 0 N–H and O–H groups in total. The van der Waals surface area contributed by atoms with E-state index < -0.39 is 0 Å². The molecular weight excluding hydrogens is 268 g/mol. The smallest absolute Gasteiger partial charge is 0.222 e. The fourth-order valence-corrected chi connectivity index (χ4v) is 5.24. The molecule has 1 saturated heterocycles. The van der Waals surface area contributed by atoms with Crippen molar-refractivity contribution in [3.05, 3.63) is 16.1 Å². The van der Waals surface area contributed by atoms with Crippen LogP contribution >= 0.6 is 11.3 Å². The number of carbonyl (C=O) groups excluding carboxylic acids is 1. The molecule has 20 heavy (non-hydrogen) atoms. The molecule has 0 radical (unpaired) electrons. The molecule has 2 aliphatic carbocycles. The Bertz CT molecular complexity index is 512. The Kier molecular flexibility index (Phi) is 3.29. The molecule has 0 spiro atoms. The summed E-state index contributed by atoms with van der Waals surface area (Å²) in [6.07, 6.45) is 8.41. The molecule has 3 aliphatic rings. The van der Waals surface area contributed by atoms with Gasteiger partial charge in [0, 0.05) is 37.2 Å². The summed E-state index contributed by atoms with van der Waals surface area (Å²) in [5, 5.41) is 3.51. The average Bonchev–Trinajstić information content (AvgIpc) is 3.21. The number of hydrogen-bond acceptors (Lipinski definition) is 3. The lowest BCUT2D eigenvalue weighted by Crippen LogP contribution is -2.26. The van der Waals surface area contributed by atoms with Crippen LogP contribution in [-0.4, -0.2) is 28.9 Å². The zero-order valence-electron chi connectivity index (χ0n) is 11.9. The minimum absolute atomic E-state index is 0.329. The van der Waals surface area contributed by atoms with Gasteiger partial charge in [-0.05, 0) is 37.5 Å². The fraction of sp³-hybridized carbons (Fsp3) is 0.750. The van der Waals surface area contributed by atoms with Crippen molar-refractivity contribution in [3.63, 3.8) is 0 Å². The minimum atomic E-state index is 0.329. The van der Waals surface area contributed by atoms with Gasteiger partial charge in [-0.1, -0.05) is 6.42 Å². The molecule has 1 aliphatic heterocycles. The van der Waals surface area contributed by atoms with Crippen LogP contribution in [0.4, 0.5) is 0 Å². The van der Waals surface area contributed by atoms with Gasteiger partial charge in [0.2, 0.25) is 5.91 Å². The molecule has 1 aromatic rings. The quantitative estimate of drug-likeness (QED) is 0.853. The first-order valence-corrected chi connectivity index (χ1v) is 8.89. The molecule has 4 heteroatoms. The van der Waals surface area contributed by atoms with E-state index in [2.05, 4.69) is 5.38 Å². The van der Waals surface area contributed by atoms with Crippen LogP contribution in [0.3, 0.4) is 0 Å². The topological polar surface area (TPSA) is 33.2 Å². The Labute approximate surface area is 124 Å². The second-order valence-electron chi connectivity index (χ2n) is 6.68. The van der Waals surface area contributed by atoms with Gasteiger partial charge in [0.05, 0.1) is 10.7 Å². The van der Waals surface area contributed by atoms with Crippen molar-refractivity contribution in [2.75, 3.05) is 13.1 Å². The first-order valence-electron chi connectivity index (χ1n) is 8.01. The van der Waals surface area contributed by atoms with Crippen LogP contribution in [0.2, 0.25) is 0 Å². The summed E-state index contributed by atoms with van der Waals surface area (Å²) in [6.45, 7) is 1.81. The van der Waals surface area contributed by atoms with Gasteiger partial charge in [-0.2, -0.15) is 0 Å². The van der Waals surface area contributed by atoms with Crippen molar-refractivity contribution in [1.82, 2.24) is 9.88 Å². The molecule has 3 fully saturated rings. The second-order valence-corrected chi connectivity index (χ2v) is 7.62. The van der Waals surface area contributed by atoms with Crippen molar-refractivity contribution < 1.29 is 4.79 Å². The highest BCUT2D eigenvalue weighted by Crippen LogP contribution is 2.52. The van der Waals surface area contributed by atoms with E-state index in [1.165, 1.54) is 36.4 Å². The zero-order valence-corrected chi connectivity index (χ0v) is 12.7. The summed E-state index contributed by atoms with van der Waals surface area (Å²) < 4.78 is 0. The van der Waals surface area contributed by atoms with E-state index >= 15 is 0 Å². The first-order chi connectivity index (χ1) is 9.79. The van der Waals surface area contributed by atoms with Gasteiger partial charge in [-0.15, -0.1) is 11.3 Å². The molecule has 2 bridgehead atoms. The SMILES string of the molecule is O=C1CCCN1CCc1nc(C2CC3CCC2C3)cs1. The van der Waals surface area contributed by atoms with Crippen molar-refractivity contribution >= 4 is 17.2 Å². The minimum Gasteiger partial charge on any atom is -0.342 e. The Morgan fingerprint density at radius 1 is 1.35 bits per heavy atom. The van der Waals surface area contributed by atoms with Gasteiger partial charge in [-0.3, -0.25) is 4.79 Å². The van der Waals surface area contributed by atoms with Gasteiger partial charge in [0.15, 0.2) is 0 Å². The summed E-state index contributed by atoms with van der Waals surface area (Å²) in [4.78, 5) is 18.5. The van der Waals surface area contributed by atoms with Crippen LogP contribution in [0.15, 0.2) is 5.38 Å².